The number of likely N-dealkylation sites (tertiary alicyclic amines) is 1. The van der Waals surface area contributed by atoms with Crippen LogP contribution in [0.5, 0.6) is 5.75 Å². The molecule has 0 atom stereocenters. The maximum atomic E-state index is 12.4. The molecule has 2 heterocycles. The van der Waals surface area contributed by atoms with Crippen LogP contribution in [-0.4, -0.2) is 49.1 Å². The Hall–Kier alpha value is -1.50. The summed E-state index contributed by atoms with van der Waals surface area (Å²) in [5.41, 5.74) is 0.648. The van der Waals surface area contributed by atoms with E-state index in [-0.39, 0.29) is 12.1 Å². The Bertz CT molecular complexity index is 592. The molecule has 6 nitrogen and oxygen atoms in total. The molecule has 1 aromatic rings. The number of nitrogens with zero attached hydrogens (tertiary/aromatic N) is 1. The van der Waals surface area contributed by atoms with E-state index in [4.69, 9.17) is 25.8 Å². The van der Waals surface area contributed by atoms with E-state index in [1.807, 2.05) is 13.8 Å². The summed E-state index contributed by atoms with van der Waals surface area (Å²) in [6.45, 7) is 6.35. The summed E-state index contributed by atoms with van der Waals surface area (Å²) >= 11 is 6.20. The normalized spacial score (nSPS) is 19.8. The summed E-state index contributed by atoms with van der Waals surface area (Å²) < 4.78 is 16.9. The van der Waals surface area contributed by atoms with Crippen LogP contribution in [0.2, 0.25) is 5.02 Å². The van der Waals surface area contributed by atoms with Crippen molar-refractivity contribution < 1.29 is 19.0 Å². The van der Waals surface area contributed by atoms with Gasteiger partial charge in [0.2, 0.25) is 0 Å². The number of nitrogens with one attached hydrogen (secondary N) is 1. The first-order chi connectivity index (χ1) is 11.5. The Balaban J connectivity index is 1.56. The van der Waals surface area contributed by atoms with E-state index in [0.29, 0.717) is 55.6 Å². The number of urea groups is 1. The van der Waals surface area contributed by atoms with E-state index >= 15 is 0 Å². The Morgan fingerprint density at radius 2 is 1.96 bits per heavy atom. The van der Waals surface area contributed by atoms with Gasteiger partial charge in [0, 0.05) is 31.6 Å². The molecule has 0 aliphatic carbocycles. The maximum absolute atomic E-state index is 12.4. The molecule has 0 radical (unpaired) electrons. The lowest BCUT2D eigenvalue weighted by atomic mass is 10.0. The molecular weight excluding hydrogens is 332 g/mol. The van der Waals surface area contributed by atoms with E-state index in [9.17, 15) is 4.79 Å². The molecule has 0 aromatic heterocycles. The predicted octanol–water partition coefficient (Wildman–Crippen LogP) is 3.50. The van der Waals surface area contributed by atoms with Crippen LogP contribution in [0.25, 0.3) is 0 Å². The van der Waals surface area contributed by atoms with Crippen LogP contribution in [-0.2, 0) is 9.47 Å². The summed E-state index contributed by atoms with van der Waals surface area (Å²) in [7, 11) is 0. The number of halogens is 1. The third-order valence-corrected chi connectivity index (χ3v) is 4.47. The van der Waals surface area contributed by atoms with Crippen molar-refractivity contribution in [3.05, 3.63) is 23.2 Å². The van der Waals surface area contributed by atoms with Crippen LogP contribution in [0, 0.1) is 0 Å². The van der Waals surface area contributed by atoms with Gasteiger partial charge in [0.1, 0.15) is 5.75 Å². The van der Waals surface area contributed by atoms with Crippen molar-refractivity contribution in [3.8, 4) is 5.75 Å². The van der Waals surface area contributed by atoms with Gasteiger partial charge in [-0.05, 0) is 32.0 Å². The second-order valence-corrected chi connectivity index (χ2v) is 6.74. The second-order valence-electron chi connectivity index (χ2n) is 6.34. The van der Waals surface area contributed by atoms with Gasteiger partial charge in [-0.3, -0.25) is 0 Å². The first-order valence-corrected chi connectivity index (χ1v) is 8.65. The fourth-order valence-electron chi connectivity index (χ4n) is 2.97. The molecule has 1 spiro atoms. The molecule has 2 fully saturated rings. The molecule has 132 valence electrons. The van der Waals surface area contributed by atoms with Crippen molar-refractivity contribution in [1.82, 2.24) is 4.90 Å². The number of piperidine rings is 1. The topological polar surface area (TPSA) is 60.0 Å². The van der Waals surface area contributed by atoms with Crippen molar-refractivity contribution in [2.24, 2.45) is 0 Å². The molecule has 0 bridgehead atoms. The highest BCUT2D eigenvalue weighted by molar-refractivity contribution is 6.32. The standard InChI is InChI=1S/C17H23ClN2O4/c1-12(2)24-15-4-3-13(11-14(15)18)19-16(21)20-7-5-17(6-8-20)22-9-10-23-17/h3-4,11-12H,5-10H2,1-2H3,(H,19,21). The third-order valence-electron chi connectivity index (χ3n) is 4.17. The van der Waals surface area contributed by atoms with Crippen LogP contribution in [0.1, 0.15) is 26.7 Å². The molecule has 7 heteroatoms. The fraction of sp³-hybridized carbons (Fsp3) is 0.588. The number of ether oxygens (including phenoxy) is 3. The average molecular weight is 355 g/mol. The Morgan fingerprint density at radius 3 is 2.54 bits per heavy atom. The summed E-state index contributed by atoms with van der Waals surface area (Å²) in [6, 6.07) is 5.11. The molecule has 0 saturated carbocycles. The highest BCUT2D eigenvalue weighted by atomic mass is 35.5. The minimum absolute atomic E-state index is 0.0450. The van der Waals surface area contributed by atoms with E-state index in [0.717, 1.165) is 0 Å². The highest BCUT2D eigenvalue weighted by Crippen LogP contribution is 2.32. The van der Waals surface area contributed by atoms with Crippen LogP contribution < -0.4 is 10.1 Å². The quantitative estimate of drug-likeness (QED) is 0.902. The molecule has 2 aliphatic heterocycles. The number of anilines is 1. The van der Waals surface area contributed by atoms with E-state index < -0.39 is 5.79 Å². The molecule has 1 aromatic carbocycles. The van der Waals surface area contributed by atoms with E-state index in [1.54, 1.807) is 23.1 Å². The third kappa shape index (κ3) is 3.94. The van der Waals surface area contributed by atoms with Crippen LogP contribution in [0.3, 0.4) is 0 Å². The molecule has 2 amide bonds. The molecule has 1 N–H and O–H groups in total. The van der Waals surface area contributed by atoms with Crippen LogP contribution >= 0.6 is 11.6 Å². The van der Waals surface area contributed by atoms with Gasteiger partial charge < -0.3 is 24.4 Å². The van der Waals surface area contributed by atoms with Crippen LogP contribution in [0.4, 0.5) is 10.5 Å². The predicted molar refractivity (Wildman–Crippen MR) is 91.7 cm³/mol. The molecular formula is C17H23ClN2O4. The molecule has 2 aliphatic rings. The number of hydrogen-bond donors (Lipinski definition) is 1. The van der Waals surface area contributed by atoms with Crippen molar-refractivity contribution in [1.29, 1.82) is 0 Å². The minimum atomic E-state index is -0.476. The Labute approximate surface area is 147 Å². The van der Waals surface area contributed by atoms with E-state index in [2.05, 4.69) is 5.32 Å². The summed E-state index contributed by atoms with van der Waals surface area (Å²) in [5, 5.41) is 3.36. The van der Waals surface area contributed by atoms with E-state index in [1.165, 1.54) is 0 Å². The lowest BCUT2D eigenvalue weighted by Gasteiger charge is -2.37. The van der Waals surface area contributed by atoms with Crippen molar-refractivity contribution in [2.45, 2.75) is 38.6 Å². The zero-order valence-corrected chi connectivity index (χ0v) is 14.8. The van der Waals surface area contributed by atoms with Crippen LogP contribution in [0.15, 0.2) is 18.2 Å². The molecule has 24 heavy (non-hydrogen) atoms. The number of rotatable bonds is 3. The highest BCUT2D eigenvalue weighted by Gasteiger charge is 2.40. The van der Waals surface area contributed by atoms with Gasteiger partial charge in [-0.25, -0.2) is 4.79 Å². The van der Waals surface area contributed by atoms with Crippen molar-refractivity contribution in [2.75, 3.05) is 31.6 Å². The van der Waals surface area contributed by atoms with Crippen molar-refractivity contribution >= 4 is 23.3 Å². The SMILES string of the molecule is CC(C)Oc1ccc(NC(=O)N2CCC3(CC2)OCCO3)cc1Cl. The van der Waals surface area contributed by atoms with Gasteiger partial charge >= 0.3 is 6.03 Å². The van der Waals surface area contributed by atoms with Gasteiger partial charge in [0.15, 0.2) is 5.79 Å². The van der Waals surface area contributed by atoms with Gasteiger partial charge in [-0.15, -0.1) is 0 Å². The summed E-state index contributed by atoms with van der Waals surface area (Å²) in [6.07, 6.45) is 1.44. The zero-order chi connectivity index (χ0) is 17.2. The summed E-state index contributed by atoms with van der Waals surface area (Å²) in [5.74, 6) is 0.135. The smallest absolute Gasteiger partial charge is 0.321 e. The Kier molecular flexibility index (Phi) is 5.18. The number of carbonyl (C=O) groups is 1. The molecule has 2 saturated heterocycles. The minimum Gasteiger partial charge on any atom is -0.489 e. The van der Waals surface area contributed by atoms with Gasteiger partial charge in [-0.2, -0.15) is 0 Å². The molecule has 0 unspecified atom stereocenters. The first kappa shape index (κ1) is 17.3. The van der Waals surface area contributed by atoms with Crippen molar-refractivity contribution in [3.63, 3.8) is 0 Å². The lowest BCUT2D eigenvalue weighted by Crippen LogP contribution is -2.48. The maximum Gasteiger partial charge on any atom is 0.321 e. The summed E-state index contributed by atoms with van der Waals surface area (Å²) in [4.78, 5) is 14.2. The molecule has 3 rings (SSSR count). The van der Waals surface area contributed by atoms with Gasteiger partial charge in [0.25, 0.3) is 0 Å². The largest absolute Gasteiger partial charge is 0.489 e. The Morgan fingerprint density at radius 1 is 1.29 bits per heavy atom. The lowest BCUT2D eigenvalue weighted by molar-refractivity contribution is -0.181. The number of benzene rings is 1. The monoisotopic (exact) mass is 354 g/mol. The first-order valence-electron chi connectivity index (χ1n) is 8.27. The second kappa shape index (κ2) is 7.17. The zero-order valence-electron chi connectivity index (χ0n) is 14.0. The number of amides is 2. The van der Waals surface area contributed by atoms with Gasteiger partial charge in [-0.1, -0.05) is 11.6 Å². The van der Waals surface area contributed by atoms with Gasteiger partial charge in [0.05, 0.1) is 24.3 Å². The fourth-order valence-corrected chi connectivity index (χ4v) is 3.19. The number of carbonyl (C=O) groups excluding carboxylic acids is 1. The average Bonchev–Trinajstić information content (AvgIpc) is 2.98. The number of hydrogen-bond acceptors (Lipinski definition) is 4.